The summed E-state index contributed by atoms with van der Waals surface area (Å²) in [5.74, 6) is 1.02. The molecule has 0 bridgehead atoms. The summed E-state index contributed by atoms with van der Waals surface area (Å²) in [6.07, 6.45) is 1.77. The van der Waals surface area contributed by atoms with Crippen molar-refractivity contribution in [1.29, 1.82) is 0 Å². The van der Waals surface area contributed by atoms with Gasteiger partial charge in [-0.1, -0.05) is 59.8 Å². The van der Waals surface area contributed by atoms with E-state index in [0.29, 0.717) is 23.6 Å². The van der Waals surface area contributed by atoms with Crippen LogP contribution < -0.4 is 9.47 Å². The van der Waals surface area contributed by atoms with Crippen LogP contribution in [0, 0.1) is 0 Å². The Morgan fingerprint density at radius 2 is 1.69 bits per heavy atom. The zero-order valence-corrected chi connectivity index (χ0v) is 15.9. The highest BCUT2D eigenvalue weighted by molar-refractivity contribution is 6.31. The van der Waals surface area contributed by atoms with Crippen LogP contribution in [0.15, 0.2) is 89.6 Å². The molecule has 144 valence electrons. The van der Waals surface area contributed by atoms with E-state index in [1.807, 2.05) is 78.9 Å². The third-order valence-electron chi connectivity index (χ3n) is 4.50. The molecule has 1 aliphatic rings. The number of nitrogens with zero attached hydrogens (tertiary/aromatic N) is 1. The van der Waals surface area contributed by atoms with Gasteiger partial charge in [-0.05, 0) is 35.9 Å². The quantitative estimate of drug-likeness (QED) is 0.459. The van der Waals surface area contributed by atoms with Crippen molar-refractivity contribution in [3.63, 3.8) is 0 Å². The number of para-hydroxylation sites is 1. The van der Waals surface area contributed by atoms with Crippen LogP contribution in [0.4, 0.5) is 0 Å². The van der Waals surface area contributed by atoms with Gasteiger partial charge < -0.3 is 14.3 Å². The lowest BCUT2D eigenvalue weighted by atomic mass is 10.00. The standard InChI is InChI=1S/C24H19NO4/c1-27-22-13-12-17(14-19(22)16-28-20-10-6-3-7-11-20)15-21-23(25-29-24(21)26)18-8-4-2-5-9-18/h2-15H,16H2,1H3. The fourth-order valence-corrected chi connectivity index (χ4v) is 3.06. The number of ether oxygens (including phenoxy) is 2. The third kappa shape index (κ3) is 4.19. The van der Waals surface area contributed by atoms with Crippen molar-refractivity contribution in [3.8, 4) is 11.5 Å². The number of hydrogen-bond donors (Lipinski definition) is 0. The molecule has 0 unspecified atom stereocenters. The second kappa shape index (κ2) is 8.44. The maximum Gasteiger partial charge on any atom is 0.368 e. The second-order valence-corrected chi connectivity index (χ2v) is 6.42. The smallest absolute Gasteiger partial charge is 0.368 e. The van der Waals surface area contributed by atoms with E-state index < -0.39 is 5.97 Å². The van der Waals surface area contributed by atoms with Gasteiger partial charge >= 0.3 is 5.97 Å². The first-order valence-electron chi connectivity index (χ1n) is 9.16. The van der Waals surface area contributed by atoms with Crippen LogP contribution in [0.25, 0.3) is 6.08 Å². The lowest BCUT2D eigenvalue weighted by molar-refractivity contribution is -0.136. The van der Waals surface area contributed by atoms with Crippen LogP contribution in [0.5, 0.6) is 11.5 Å². The molecule has 0 N–H and O–H groups in total. The fraction of sp³-hybridized carbons (Fsp3) is 0.0833. The highest BCUT2D eigenvalue weighted by Crippen LogP contribution is 2.26. The van der Waals surface area contributed by atoms with Crippen molar-refractivity contribution in [2.75, 3.05) is 7.11 Å². The number of carbonyl (C=O) groups is 1. The minimum Gasteiger partial charge on any atom is -0.496 e. The Hall–Kier alpha value is -3.86. The zero-order chi connectivity index (χ0) is 20.1. The summed E-state index contributed by atoms with van der Waals surface area (Å²) in [6, 6.07) is 24.7. The van der Waals surface area contributed by atoms with E-state index in [-0.39, 0.29) is 0 Å². The maximum atomic E-state index is 12.2. The van der Waals surface area contributed by atoms with Gasteiger partial charge in [0.1, 0.15) is 23.8 Å². The lowest BCUT2D eigenvalue weighted by Gasteiger charge is -2.11. The molecule has 0 atom stereocenters. The zero-order valence-electron chi connectivity index (χ0n) is 15.9. The topological polar surface area (TPSA) is 57.1 Å². The summed E-state index contributed by atoms with van der Waals surface area (Å²) < 4.78 is 11.3. The predicted octanol–water partition coefficient (Wildman–Crippen LogP) is 4.62. The van der Waals surface area contributed by atoms with Crippen molar-refractivity contribution in [2.45, 2.75) is 6.61 Å². The third-order valence-corrected chi connectivity index (χ3v) is 4.50. The number of methoxy groups -OCH3 is 1. The summed E-state index contributed by atoms with van der Waals surface area (Å²) in [6.45, 7) is 0.342. The first kappa shape index (κ1) is 18.5. The number of oxime groups is 1. The second-order valence-electron chi connectivity index (χ2n) is 6.42. The highest BCUT2D eigenvalue weighted by Gasteiger charge is 2.26. The summed E-state index contributed by atoms with van der Waals surface area (Å²) in [7, 11) is 1.62. The summed E-state index contributed by atoms with van der Waals surface area (Å²) >= 11 is 0. The minimum atomic E-state index is -0.471. The van der Waals surface area contributed by atoms with E-state index in [9.17, 15) is 4.79 Å². The largest absolute Gasteiger partial charge is 0.496 e. The van der Waals surface area contributed by atoms with E-state index >= 15 is 0 Å². The monoisotopic (exact) mass is 385 g/mol. The van der Waals surface area contributed by atoms with Gasteiger partial charge in [-0.15, -0.1) is 0 Å². The Balaban J connectivity index is 1.62. The Morgan fingerprint density at radius 1 is 0.966 bits per heavy atom. The SMILES string of the molecule is COc1ccc(C=C2C(=O)ON=C2c2ccccc2)cc1COc1ccccc1. The maximum absolute atomic E-state index is 12.2. The van der Waals surface area contributed by atoms with Crippen molar-refractivity contribution in [1.82, 2.24) is 0 Å². The van der Waals surface area contributed by atoms with Gasteiger partial charge in [-0.25, -0.2) is 4.79 Å². The van der Waals surface area contributed by atoms with Gasteiger partial charge in [-0.3, -0.25) is 0 Å². The molecular weight excluding hydrogens is 366 g/mol. The molecule has 5 heteroatoms. The Kier molecular flexibility index (Phi) is 5.38. The molecule has 0 radical (unpaired) electrons. The highest BCUT2D eigenvalue weighted by atomic mass is 16.7. The Bertz CT molecular complexity index is 1070. The first-order chi connectivity index (χ1) is 14.2. The molecule has 0 spiro atoms. The van der Waals surface area contributed by atoms with Crippen molar-refractivity contribution in [2.24, 2.45) is 5.16 Å². The van der Waals surface area contributed by atoms with Crippen LogP contribution in [0.1, 0.15) is 16.7 Å². The summed E-state index contributed by atoms with van der Waals surface area (Å²) in [4.78, 5) is 17.1. The van der Waals surface area contributed by atoms with Crippen LogP contribution >= 0.6 is 0 Å². The predicted molar refractivity (Wildman–Crippen MR) is 111 cm³/mol. The molecule has 5 nitrogen and oxygen atoms in total. The Morgan fingerprint density at radius 3 is 2.41 bits per heavy atom. The molecule has 3 aromatic rings. The van der Waals surface area contributed by atoms with Crippen LogP contribution in [-0.2, 0) is 16.2 Å². The van der Waals surface area contributed by atoms with Crippen LogP contribution in [0.3, 0.4) is 0 Å². The summed E-state index contributed by atoms with van der Waals surface area (Å²) in [5, 5.41) is 3.95. The van der Waals surface area contributed by atoms with Crippen LogP contribution in [-0.4, -0.2) is 18.8 Å². The first-order valence-corrected chi connectivity index (χ1v) is 9.16. The van der Waals surface area contributed by atoms with E-state index in [2.05, 4.69) is 5.16 Å². The van der Waals surface area contributed by atoms with Crippen molar-refractivity contribution in [3.05, 3.63) is 101 Å². The average molecular weight is 385 g/mol. The molecule has 29 heavy (non-hydrogen) atoms. The van der Waals surface area contributed by atoms with Crippen molar-refractivity contribution >= 4 is 17.8 Å². The number of carbonyl (C=O) groups excluding carboxylic acids is 1. The average Bonchev–Trinajstić information content (AvgIpc) is 3.14. The normalized spacial score (nSPS) is 14.4. The van der Waals surface area contributed by atoms with Gasteiger partial charge in [0.05, 0.1) is 12.7 Å². The summed E-state index contributed by atoms with van der Waals surface area (Å²) in [5.41, 5.74) is 3.46. The molecular formula is C24H19NO4. The number of benzene rings is 3. The van der Waals surface area contributed by atoms with Crippen molar-refractivity contribution < 1.29 is 19.1 Å². The molecule has 1 heterocycles. The fourth-order valence-electron chi connectivity index (χ4n) is 3.06. The molecule has 0 saturated heterocycles. The van der Waals surface area contributed by atoms with E-state index in [0.717, 1.165) is 22.4 Å². The molecule has 0 aliphatic carbocycles. The molecule has 0 aromatic heterocycles. The van der Waals surface area contributed by atoms with Gasteiger partial charge in [0.15, 0.2) is 0 Å². The van der Waals surface area contributed by atoms with E-state index in [1.54, 1.807) is 13.2 Å². The molecule has 0 amide bonds. The van der Waals surface area contributed by atoms with E-state index in [4.69, 9.17) is 14.3 Å². The molecule has 4 rings (SSSR count). The Labute approximate surface area is 168 Å². The van der Waals surface area contributed by atoms with Crippen LogP contribution in [0.2, 0.25) is 0 Å². The minimum absolute atomic E-state index is 0.342. The van der Waals surface area contributed by atoms with E-state index in [1.165, 1.54) is 0 Å². The molecule has 1 aliphatic heterocycles. The van der Waals surface area contributed by atoms with Gasteiger partial charge in [0.2, 0.25) is 0 Å². The molecule has 3 aromatic carbocycles. The van der Waals surface area contributed by atoms with Gasteiger partial charge in [0, 0.05) is 11.1 Å². The van der Waals surface area contributed by atoms with Gasteiger partial charge in [0.25, 0.3) is 0 Å². The molecule has 0 saturated carbocycles. The van der Waals surface area contributed by atoms with Gasteiger partial charge in [-0.2, -0.15) is 0 Å². The number of hydrogen-bond acceptors (Lipinski definition) is 5. The number of rotatable bonds is 6. The lowest BCUT2D eigenvalue weighted by Crippen LogP contribution is -2.07. The molecule has 0 fully saturated rings.